The summed E-state index contributed by atoms with van der Waals surface area (Å²) in [5.41, 5.74) is -0.722. The normalized spacial score (nSPS) is 13.1. The summed E-state index contributed by atoms with van der Waals surface area (Å²) in [7, 11) is -3.95. The Bertz CT molecular complexity index is 630. The van der Waals surface area contributed by atoms with Gasteiger partial charge < -0.3 is 9.84 Å². The number of nitrogens with one attached hydrogen (secondary N) is 1. The van der Waals surface area contributed by atoms with Gasteiger partial charge in [-0.05, 0) is 38.5 Å². The largest absolute Gasteiger partial charge is 0.478 e. The van der Waals surface area contributed by atoms with Gasteiger partial charge in [0.2, 0.25) is 10.0 Å². The summed E-state index contributed by atoms with van der Waals surface area (Å²) >= 11 is 0. The quantitative estimate of drug-likeness (QED) is 0.795. The number of hydrogen-bond acceptors (Lipinski definition) is 4. The van der Waals surface area contributed by atoms with Crippen LogP contribution >= 0.6 is 0 Å². The highest BCUT2D eigenvalue weighted by Gasteiger charge is 2.22. The van der Waals surface area contributed by atoms with Gasteiger partial charge >= 0.3 is 5.97 Å². The van der Waals surface area contributed by atoms with Crippen molar-refractivity contribution in [2.24, 2.45) is 0 Å². The highest BCUT2D eigenvalue weighted by atomic mass is 32.2. The summed E-state index contributed by atoms with van der Waals surface area (Å²) in [6.45, 7) is 5.34. The molecule has 6 nitrogen and oxygen atoms in total. The Hall–Kier alpha value is -1.51. The molecule has 0 spiro atoms. The van der Waals surface area contributed by atoms with Gasteiger partial charge in [0.15, 0.2) is 0 Å². The minimum atomic E-state index is -3.95. The predicted molar refractivity (Wildman–Crippen MR) is 74.4 cm³/mol. The fourth-order valence-corrected chi connectivity index (χ4v) is 3.05. The second kappa shape index (κ2) is 6.97. The lowest BCUT2D eigenvalue weighted by molar-refractivity contribution is 0.0691. The summed E-state index contributed by atoms with van der Waals surface area (Å²) in [6.07, 6.45) is 0. The molecule has 1 unspecified atom stereocenters. The lowest BCUT2D eigenvalue weighted by Gasteiger charge is -2.15. The Labute approximate surface area is 123 Å². The molecule has 1 rings (SSSR count). The van der Waals surface area contributed by atoms with Crippen molar-refractivity contribution < 1.29 is 27.4 Å². The van der Waals surface area contributed by atoms with E-state index >= 15 is 0 Å². The molecule has 1 aromatic carbocycles. The van der Waals surface area contributed by atoms with Crippen LogP contribution in [0.3, 0.4) is 0 Å². The summed E-state index contributed by atoms with van der Waals surface area (Å²) < 4.78 is 45.4. The van der Waals surface area contributed by atoms with E-state index in [-0.39, 0.29) is 17.1 Å². The maximum Gasteiger partial charge on any atom is 0.338 e. The van der Waals surface area contributed by atoms with E-state index in [1.807, 2.05) is 0 Å². The molecule has 2 N–H and O–H groups in total. The van der Waals surface area contributed by atoms with Gasteiger partial charge in [-0.2, -0.15) is 0 Å². The highest BCUT2D eigenvalue weighted by molar-refractivity contribution is 7.89. The van der Waals surface area contributed by atoms with E-state index in [2.05, 4.69) is 4.72 Å². The minimum Gasteiger partial charge on any atom is -0.478 e. The van der Waals surface area contributed by atoms with E-state index in [1.165, 1.54) is 6.92 Å². The predicted octanol–water partition coefficient (Wildman–Crippen LogP) is 1.54. The zero-order valence-corrected chi connectivity index (χ0v) is 12.8. The maximum atomic E-state index is 13.6. The second-order valence-corrected chi connectivity index (χ2v) is 6.30. The lowest BCUT2D eigenvalue weighted by Crippen LogP contribution is -2.36. The maximum absolute atomic E-state index is 13.6. The number of carboxylic acids is 1. The van der Waals surface area contributed by atoms with E-state index in [4.69, 9.17) is 9.84 Å². The van der Waals surface area contributed by atoms with Crippen molar-refractivity contribution >= 4 is 16.0 Å². The number of hydrogen-bond donors (Lipinski definition) is 2. The molecule has 0 radical (unpaired) electrons. The van der Waals surface area contributed by atoms with Crippen molar-refractivity contribution in [1.82, 2.24) is 4.72 Å². The van der Waals surface area contributed by atoms with Crippen LogP contribution in [0.4, 0.5) is 4.39 Å². The molecule has 0 aliphatic heterocycles. The van der Waals surface area contributed by atoms with Crippen molar-refractivity contribution in [2.75, 3.05) is 13.2 Å². The number of rotatable bonds is 7. The number of ether oxygens (including phenoxy) is 1. The van der Waals surface area contributed by atoms with Gasteiger partial charge in [-0.15, -0.1) is 0 Å². The van der Waals surface area contributed by atoms with Crippen LogP contribution < -0.4 is 4.72 Å². The number of aromatic carboxylic acids is 1. The topological polar surface area (TPSA) is 92.7 Å². The monoisotopic (exact) mass is 319 g/mol. The fourth-order valence-electron chi connectivity index (χ4n) is 1.71. The number of halogens is 1. The third-order valence-electron chi connectivity index (χ3n) is 2.70. The van der Waals surface area contributed by atoms with Crippen LogP contribution in [-0.2, 0) is 14.8 Å². The molecule has 0 saturated heterocycles. The third-order valence-corrected chi connectivity index (χ3v) is 4.27. The van der Waals surface area contributed by atoms with Crippen molar-refractivity contribution in [3.8, 4) is 0 Å². The average Bonchev–Trinajstić information content (AvgIpc) is 2.38. The van der Waals surface area contributed by atoms with Crippen LogP contribution in [0.2, 0.25) is 0 Å². The third kappa shape index (κ3) is 4.48. The number of sulfonamides is 1. The first-order valence-corrected chi connectivity index (χ1v) is 7.80. The van der Waals surface area contributed by atoms with Gasteiger partial charge in [-0.3, -0.25) is 0 Å². The Morgan fingerprint density at radius 1 is 1.48 bits per heavy atom. The van der Waals surface area contributed by atoms with E-state index in [0.717, 1.165) is 12.1 Å². The Balaban J connectivity index is 3.12. The van der Waals surface area contributed by atoms with Gasteiger partial charge in [0, 0.05) is 12.6 Å². The fraction of sp³-hybridized carbons (Fsp3) is 0.462. The Morgan fingerprint density at radius 2 is 2.10 bits per heavy atom. The molecule has 1 aromatic rings. The summed E-state index contributed by atoms with van der Waals surface area (Å²) in [4.78, 5) is 10.7. The Morgan fingerprint density at radius 3 is 2.62 bits per heavy atom. The van der Waals surface area contributed by atoms with Crippen molar-refractivity contribution in [3.63, 3.8) is 0 Å². The van der Waals surface area contributed by atoms with Crippen molar-refractivity contribution in [3.05, 3.63) is 29.1 Å². The van der Waals surface area contributed by atoms with Crippen LogP contribution in [0.25, 0.3) is 0 Å². The molecule has 0 heterocycles. The Kier molecular flexibility index (Phi) is 5.82. The highest BCUT2D eigenvalue weighted by Crippen LogP contribution is 2.19. The van der Waals surface area contributed by atoms with E-state index in [9.17, 15) is 17.6 Å². The van der Waals surface area contributed by atoms with Crippen LogP contribution in [0, 0.1) is 12.7 Å². The molecule has 21 heavy (non-hydrogen) atoms. The minimum absolute atomic E-state index is 0.0484. The molecule has 0 saturated carbocycles. The van der Waals surface area contributed by atoms with Gasteiger partial charge in [0.25, 0.3) is 0 Å². The number of aryl methyl sites for hydroxylation is 1. The van der Waals surface area contributed by atoms with Crippen LogP contribution in [0.5, 0.6) is 0 Å². The SMILES string of the molecule is CCOCC(C)NS(=O)(=O)c1cc(C)c(F)c(C(=O)O)c1. The molecule has 0 aliphatic carbocycles. The second-order valence-electron chi connectivity index (χ2n) is 4.59. The first-order valence-electron chi connectivity index (χ1n) is 6.32. The van der Waals surface area contributed by atoms with Crippen LogP contribution in [0.15, 0.2) is 17.0 Å². The molecule has 0 amide bonds. The average molecular weight is 319 g/mol. The molecule has 0 aromatic heterocycles. The summed E-state index contributed by atoms with van der Waals surface area (Å²) in [5, 5.41) is 8.90. The molecular formula is C13H18FNO5S. The molecule has 0 fully saturated rings. The molecule has 0 aliphatic rings. The van der Waals surface area contributed by atoms with Crippen molar-refractivity contribution in [1.29, 1.82) is 0 Å². The van der Waals surface area contributed by atoms with Gasteiger partial charge in [0.1, 0.15) is 5.82 Å². The van der Waals surface area contributed by atoms with Crippen molar-refractivity contribution in [2.45, 2.75) is 31.7 Å². The number of carboxylic acid groups (broad SMARTS) is 1. The van der Waals surface area contributed by atoms with Crippen LogP contribution in [-0.4, -0.2) is 38.7 Å². The number of carbonyl (C=O) groups is 1. The first-order chi connectivity index (χ1) is 9.69. The van der Waals surface area contributed by atoms with Crippen LogP contribution in [0.1, 0.15) is 29.8 Å². The van der Waals surface area contributed by atoms with E-state index in [0.29, 0.717) is 6.61 Å². The molecule has 1 atom stereocenters. The van der Waals surface area contributed by atoms with E-state index < -0.39 is 33.4 Å². The van der Waals surface area contributed by atoms with Gasteiger partial charge in [-0.1, -0.05) is 0 Å². The summed E-state index contributed by atoms with van der Waals surface area (Å²) in [6, 6.07) is 1.41. The first kappa shape index (κ1) is 17.5. The molecule has 118 valence electrons. The molecule has 0 bridgehead atoms. The van der Waals surface area contributed by atoms with Gasteiger partial charge in [-0.25, -0.2) is 22.3 Å². The number of benzene rings is 1. The lowest BCUT2D eigenvalue weighted by atomic mass is 10.1. The molecular weight excluding hydrogens is 301 g/mol. The zero-order valence-electron chi connectivity index (χ0n) is 12.0. The van der Waals surface area contributed by atoms with Gasteiger partial charge in [0.05, 0.1) is 17.1 Å². The van der Waals surface area contributed by atoms with E-state index in [1.54, 1.807) is 13.8 Å². The smallest absolute Gasteiger partial charge is 0.338 e. The summed E-state index contributed by atoms with van der Waals surface area (Å²) in [5.74, 6) is -2.46. The standard InChI is InChI=1S/C13H18FNO5S/c1-4-20-7-9(3)15-21(18,19)10-5-8(2)12(14)11(6-10)13(16)17/h5-6,9,15H,4,7H2,1-3H3,(H,16,17). The molecule has 8 heteroatoms. The zero-order chi connectivity index (χ0) is 16.2.